The molecule has 1 saturated carbocycles. The van der Waals surface area contributed by atoms with Crippen LogP contribution < -0.4 is 0 Å². The molecule has 0 unspecified atom stereocenters. The summed E-state index contributed by atoms with van der Waals surface area (Å²) in [6, 6.07) is 7.47. The number of halogens is 1. The quantitative estimate of drug-likeness (QED) is 0.475. The SMILES string of the molecule is CC(C)(O)C1CC(n2c(Cn3nc(S(C)(=O)=O)c4ccncc43)nc3cc(Cl)ccc32)C1. The van der Waals surface area contributed by atoms with Gasteiger partial charge in [0.1, 0.15) is 5.82 Å². The molecule has 1 aromatic carbocycles. The van der Waals surface area contributed by atoms with Crippen LogP contribution in [0.25, 0.3) is 21.9 Å². The molecule has 1 N–H and O–H groups in total. The largest absolute Gasteiger partial charge is 0.390 e. The Morgan fingerprint density at radius 2 is 1.97 bits per heavy atom. The Kier molecular flexibility index (Phi) is 4.85. The van der Waals surface area contributed by atoms with Crippen molar-refractivity contribution in [3.63, 3.8) is 0 Å². The average molecular weight is 474 g/mol. The van der Waals surface area contributed by atoms with Crippen molar-refractivity contribution in [3.05, 3.63) is 47.5 Å². The Morgan fingerprint density at radius 1 is 1.22 bits per heavy atom. The number of rotatable bonds is 5. The van der Waals surface area contributed by atoms with Crippen molar-refractivity contribution in [2.24, 2.45) is 5.92 Å². The molecule has 1 aliphatic rings. The van der Waals surface area contributed by atoms with Crippen LogP contribution in [0.3, 0.4) is 0 Å². The summed E-state index contributed by atoms with van der Waals surface area (Å²) < 4.78 is 28.4. The van der Waals surface area contributed by atoms with Gasteiger partial charge in [-0.3, -0.25) is 9.67 Å². The fraction of sp³-hybridized carbons (Fsp3) is 0.409. The molecule has 10 heteroatoms. The topological polar surface area (TPSA) is 103 Å². The smallest absolute Gasteiger partial charge is 0.195 e. The molecule has 4 aromatic rings. The van der Waals surface area contributed by atoms with Crippen LogP contribution in [0.4, 0.5) is 0 Å². The Labute approximate surface area is 190 Å². The van der Waals surface area contributed by atoms with E-state index in [4.69, 9.17) is 16.6 Å². The molecule has 5 rings (SSSR count). The lowest BCUT2D eigenvalue weighted by molar-refractivity contribution is -0.0390. The molecule has 3 aromatic heterocycles. The lowest BCUT2D eigenvalue weighted by Crippen LogP contribution is -2.41. The third-order valence-corrected chi connectivity index (χ3v) is 7.60. The van der Waals surface area contributed by atoms with Crippen molar-refractivity contribution in [1.82, 2.24) is 24.3 Å². The molecule has 32 heavy (non-hydrogen) atoms. The van der Waals surface area contributed by atoms with Crippen LogP contribution in [0.5, 0.6) is 0 Å². The van der Waals surface area contributed by atoms with Gasteiger partial charge in [-0.25, -0.2) is 13.4 Å². The van der Waals surface area contributed by atoms with Crippen LogP contribution >= 0.6 is 11.6 Å². The van der Waals surface area contributed by atoms with Gasteiger partial charge in [-0.15, -0.1) is 0 Å². The third kappa shape index (κ3) is 3.58. The predicted octanol–water partition coefficient (Wildman–Crippen LogP) is 3.61. The zero-order valence-electron chi connectivity index (χ0n) is 18.0. The van der Waals surface area contributed by atoms with Gasteiger partial charge >= 0.3 is 0 Å². The number of fused-ring (bicyclic) bond motifs is 2. The standard InChI is InChI=1S/C22H24ClN5O3S/c1-22(2,29)13-8-15(9-13)28-18-5-4-14(23)10-17(18)25-20(28)12-27-19-11-24-7-6-16(19)21(26-27)32(3,30)31/h4-7,10-11,13,15,29H,8-9,12H2,1-3H3. The number of pyridine rings is 1. The highest BCUT2D eigenvalue weighted by molar-refractivity contribution is 7.90. The fourth-order valence-electron chi connectivity index (χ4n) is 4.53. The van der Waals surface area contributed by atoms with Crippen molar-refractivity contribution < 1.29 is 13.5 Å². The maximum Gasteiger partial charge on any atom is 0.195 e. The summed E-state index contributed by atoms with van der Waals surface area (Å²) in [5.74, 6) is 0.964. The minimum Gasteiger partial charge on any atom is -0.390 e. The highest BCUT2D eigenvalue weighted by Gasteiger charge is 2.41. The van der Waals surface area contributed by atoms with Crippen molar-refractivity contribution in [2.75, 3.05) is 6.26 Å². The first-order valence-corrected chi connectivity index (χ1v) is 12.7. The highest BCUT2D eigenvalue weighted by Crippen LogP contribution is 2.45. The van der Waals surface area contributed by atoms with Crippen molar-refractivity contribution in [3.8, 4) is 0 Å². The Balaban J connectivity index is 1.61. The van der Waals surface area contributed by atoms with Crippen LogP contribution in [-0.4, -0.2) is 49.7 Å². The first kappa shape index (κ1) is 21.4. The van der Waals surface area contributed by atoms with E-state index in [1.165, 1.54) is 0 Å². The summed E-state index contributed by atoms with van der Waals surface area (Å²) in [5.41, 5.74) is 1.64. The number of aromatic nitrogens is 5. The lowest BCUT2D eigenvalue weighted by atomic mass is 9.71. The molecule has 0 spiro atoms. The minimum absolute atomic E-state index is 0.0337. The molecular formula is C22H24ClN5O3S. The third-order valence-electron chi connectivity index (χ3n) is 6.36. The molecule has 0 radical (unpaired) electrons. The van der Waals surface area contributed by atoms with Crippen LogP contribution in [0.2, 0.25) is 5.02 Å². The van der Waals surface area contributed by atoms with E-state index < -0.39 is 15.4 Å². The van der Waals surface area contributed by atoms with Gasteiger partial charge in [0.15, 0.2) is 14.9 Å². The molecule has 0 aliphatic heterocycles. The number of benzene rings is 1. The van der Waals surface area contributed by atoms with E-state index in [0.717, 1.165) is 36.0 Å². The summed E-state index contributed by atoms with van der Waals surface area (Å²) >= 11 is 6.21. The number of hydrogen-bond acceptors (Lipinski definition) is 6. The van der Waals surface area contributed by atoms with Crippen molar-refractivity contribution in [2.45, 2.75) is 49.9 Å². The molecule has 0 atom stereocenters. The van der Waals surface area contributed by atoms with E-state index in [-0.39, 0.29) is 23.5 Å². The summed E-state index contributed by atoms with van der Waals surface area (Å²) in [6.45, 7) is 3.97. The van der Waals surface area contributed by atoms with Gasteiger partial charge in [0, 0.05) is 28.9 Å². The van der Waals surface area contributed by atoms with Crippen molar-refractivity contribution >= 4 is 43.4 Å². The summed E-state index contributed by atoms with van der Waals surface area (Å²) in [6.07, 6.45) is 6.00. The maximum atomic E-state index is 12.3. The van der Waals surface area contributed by atoms with Gasteiger partial charge in [0.25, 0.3) is 0 Å². The zero-order valence-corrected chi connectivity index (χ0v) is 19.6. The molecule has 3 heterocycles. The molecule has 0 bridgehead atoms. The summed E-state index contributed by atoms with van der Waals surface area (Å²) in [4.78, 5) is 8.98. The summed E-state index contributed by atoms with van der Waals surface area (Å²) in [7, 11) is -3.51. The highest BCUT2D eigenvalue weighted by atomic mass is 35.5. The van der Waals surface area contributed by atoms with Crippen LogP contribution in [-0.2, 0) is 16.4 Å². The Hall–Kier alpha value is -2.49. The average Bonchev–Trinajstić information content (AvgIpc) is 3.18. The Morgan fingerprint density at radius 3 is 2.66 bits per heavy atom. The van der Waals surface area contributed by atoms with Crippen LogP contribution in [0, 0.1) is 5.92 Å². The van der Waals surface area contributed by atoms with E-state index in [2.05, 4.69) is 14.6 Å². The van der Waals surface area contributed by atoms with E-state index in [9.17, 15) is 13.5 Å². The number of hydrogen-bond donors (Lipinski definition) is 1. The number of nitrogens with zero attached hydrogens (tertiary/aromatic N) is 5. The van der Waals surface area contributed by atoms with Gasteiger partial charge in [-0.05, 0) is 56.9 Å². The molecule has 0 saturated heterocycles. The van der Waals surface area contributed by atoms with Gasteiger partial charge in [0.2, 0.25) is 0 Å². The van der Waals surface area contributed by atoms with E-state index >= 15 is 0 Å². The second-order valence-electron chi connectivity index (χ2n) is 9.13. The summed E-state index contributed by atoms with van der Waals surface area (Å²) in [5, 5.41) is 16.0. The first-order valence-electron chi connectivity index (χ1n) is 10.4. The zero-order chi connectivity index (χ0) is 22.8. The monoisotopic (exact) mass is 473 g/mol. The van der Waals surface area contributed by atoms with E-state index in [0.29, 0.717) is 15.9 Å². The lowest BCUT2D eigenvalue weighted by Gasteiger charge is -2.43. The van der Waals surface area contributed by atoms with Gasteiger partial charge in [-0.1, -0.05) is 11.6 Å². The maximum absolute atomic E-state index is 12.3. The second kappa shape index (κ2) is 7.26. The Bertz CT molecular complexity index is 1450. The molecular weight excluding hydrogens is 450 g/mol. The van der Waals surface area contributed by atoms with E-state index in [1.54, 1.807) is 23.1 Å². The van der Waals surface area contributed by atoms with Gasteiger partial charge in [0.05, 0.1) is 34.9 Å². The van der Waals surface area contributed by atoms with Gasteiger partial charge in [-0.2, -0.15) is 5.10 Å². The molecule has 0 amide bonds. The molecule has 1 fully saturated rings. The fourth-order valence-corrected chi connectivity index (χ4v) is 5.52. The molecule has 1 aliphatic carbocycles. The van der Waals surface area contributed by atoms with Crippen LogP contribution in [0.1, 0.15) is 38.6 Å². The molecule has 8 nitrogen and oxygen atoms in total. The number of aliphatic hydroxyl groups is 1. The predicted molar refractivity (Wildman–Crippen MR) is 123 cm³/mol. The molecule has 168 valence electrons. The second-order valence-corrected chi connectivity index (χ2v) is 11.5. The van der Waals surface area contributed by atoms with E-state index in [1.807, 2.05) is 32.0 Å². The first-order chi connectivity index (χ1) is 15.0. The normalized spacial score (nSPS) is 19.5. The number of imidazole rings is 1. The van der Waals surface area contributed by atoms with Crippen LogP contribution in [0.15, 0.2) is 41.7 Å². The van der Waals surface area contributed by atoms with Crippen molar-refractivity contribution in [1.29, 1.82) is 0 Å². The number of sulfone groups is 1. The minimum atomic E-state index is -3.51. The van der Waals surface area contributed by atoms with Gasteiger partial charge < -0.3 is 9.67 Å².